The van der Waals surface area contributed by atoms with E-state index in [0.29, 0.717) is 59.1 Å². The molecule has 3 rings (SSSR count). The lowest BCUT2D eigenvalue weighted by atomic mass is 9.93. The van der Waals surface area contributed by atoms with E-state index < -0.39 is 5.97 Å². The molecule has 1 aliphatic rings. The molecule has 9 heteroatoms. The van der Waals surface area contributed by atoms with Crippen molar-refractivity contribution in [2.24, 2.45) is 11.8 Å². The maximum absolute atomic E-state index is 13.3. The molecule has 0 bridgehead atoms. The number of carboxylic acid groups (broad SMARTS) is 1. The van der Waals surface area contributed by atoms with Gasteiger partial charge in [-0.05, 0) is 50.5 Å². The molecule has 0 aromatic carbocycles. The van der Waals surface area contributed by atoms with Crippen LogP contribution in [0.15, 0.2) is 9.59 Å². The molecule has 1 saturated heterocycles. The van der Waals surface area contributed by atoms with E-state index in [0.717, 1.165) is 6.42 Å². The zero-order chi connectivity index (χ0) is 22.9. The standard InChI is InChI=1S/C22H31N3O5S/c1-5-24-19(28)17-14(4)18(31-21(17)25(22(24)30)11-6-13(2)3)20(29)23-9-7-15(8-10-23)12-16(26)27/h13,15H,5-12H2,1-4H3,(H,26,27). The van der Waals surface area contributed by atoms with Gasteiger partial charge >= 0.3 is 11.7 Å². The molecule has 1 fully saturated rings. The highest BCUT2D eigenvalue weighted by Crippen LogP contribution is 2.31. The van der Waals surface area contributed by atoms with Crippen LogP contribution in [0.3, 0.4) is 0 Å². The van der Waals surface area contributed by atoms with E-state index in [-0.39, 0.29) is 36.0 Å². The van der Waals surface area contributed by atoms with Crippen LogP contribution in [0.4, 0.5) is 0 Å². The van der Waals surface area contributed by atoms with Crippen molar-refractivity contribution in [2.45, 2.75) is 66.5 Å². The Morgan fingerprint density at radius 3 is 2.35 bits per heavy atom. The van der Waals surface area contributed by atoms with Crippen LogP contribution in [0.2, 0.25) is 0 Å². The number of rotatable bonds is 7. The summed E-state index contributed by atoms with van der Waals surface area (Å²) in [6, 6.07) is 0. The molecule has 0 saturated carbocycles. The third-order valence-corrected chi connectivity index (χ3v) is 7.40. The Balaban J connectivity index is 2.00. The van der Waals surface area contributed by atoms with Crippen LogP contribution in [0, 0.1) is 18.8 Å². The van der Waals surface area contributed by atoms with Crippen molar-refractivity contribution in [3.05, 3.63) is 31.3 Å². The average molecular weight is 450 g/mol. The SMILES string of the molecule is CCn1c(=O)c2c(C)c(C(=O)N3CCC(CC(=O)O)CC3)sc2n(CCC(C)C)c1=O. The number of aryl methyl sites for hydroxylation is 2. The number of carbonyl (C=O) groups excluding carboxylic acids is 1. The predicted octanol–water partition coefficient (Wildman–Crippen LogP) is 2.93. The van der Waals surface area contributed by atoms with E-state index >= 15 is 0 Å². The topological polar surface area (TPSA) is 102 Å². The van der Waals surface area contributed by atoms with E-state index in [1.165, 1.54) is 15.9 Å². The Hall–Kier alpha value is -2.42. The molecule has 1 amide bonds. The molecule has 170 valence electrons. The number of thiophene rings is 1. The highest BCUT2D eigenvalue weighted by atomic mass is 32.1. The summed E-state index contributed by atoms with van der Waals surface area (Å²) in [6.07, 6.45) is 2.24. The quantitative estimate of drug-likeness (QED) is 0.700. The molecule has 0 atom stereocenters. The molecule has 2 aromatic heterocycles. The van der Waals surface area contributed by atoms with Crippen LogP contribution < -0.4 is 11.2 Å². The number of piperidine rings is 1. The van der Waals surface area contributed by atoms with E-state index in [1.54, 1.807) is 23.3 Å². The Labute approximate surface area is 185 Å². The van der Waals surface area contributed by atoms with Gasteiger partial charge in [-0.2, -0.15) is 0 Å². The molecule has 2 aromatic rings. The number of aromatic nitrogens is 2. The highest BCUT2D eigenvalue weighted by Gasteiger charge is 2.29. The van der Waals surface area contributed by atoms with Crippen molar-refractivity contribution in [1.29, 1.82) is 0 Å². The van der Waals surface area contributed by atoms with E-state index in [1.807, 2.05) is 0 Å². The van der Waals surface area contributed by atoms with Crippen molar-refractivity contribution in [1.82, 2.24) is 14.0 Å². The second-order valence-electron chi connectivity index (χ2n) is 8.74. The smallest absolute Gasteiger partial charge is 0.332 e. The average Bonchev–Trinajstić information content (AvgIpc) is 3.05. The van der Waals surface area contributed by atoms with Gasteiger partial charge in [-0.25, -0.2) is 4.79 Å². The first-order valence-corrected chi connectivity index (χ1v) is 11.7. The van der Waals surface area contributed by atoms with E-state index in [9.17, 15) is 19.2 Å². The fourth-order valence-electron chi connectivity index (χ4n) is 4.19. The Morgan fingerprint density at radius 1 is 1.16 bits per heavy atom. The van der Waals surface area contributed by atoms with E-state index in [4.69, 9.17) is 5.11 Å². The summed E-state index contributed by atoms with van der Waals surface area (Å²) >= 11 is 1.23. The lowest BCUT2D eigenvalue weighted by Gasteiger charge is -2.31. The van der Waals surface area contributed by atoms with Crippen LogP contribution in [0.25, 0.3) is 10.2 Å². The first-order chi connectivity index (χ1) is 14.6. The van der Waals surface area contributed by atoms with Crippen LogP contribution in [-0.4, -0.2) is 44.1 Å². The van der Waals surface area contributed by atoms with Gasteiger partial charge in [0.15, 0.2) is 0 Å². The summed E-state index contributed by atoms with van der Waals surface area (Å²) < 4.78 is 2.89. The van der Waals surface area contributed by atoms with Crippen molar-refractivity contribution in [3.8, 4) is 0 Å². The number of nitrogens with zero attached hydrogens (tertiary/aromatic N) is 3. The van der Waals surface area contributed by atoms with Gasteiger partial charge in [-0.1, -0.05) is 13.8 Å². The third-order valence-electron chi connectivity index (χ3n) is 6.10. The Kier molecular flexibility index (Phi) is 7.03. The fraction of sp³-hybridized carbons (Fsp3) is 0.636. The number of amides is 1. The second kappa shape index (κ2) is 9.38. The molecule has 8 nitrogen and oxygen atoms in total. The number of fused-ring (bicyclic) bond motifs is 1. The van der Waals surface area contributed by atoms with Crippen molar-refractivity contribution >= 4 is 33.4 Å². The number of likely N-dealkylation sites (tertiary alicyclic amines) is 1. The molecular weight excluding hydrogens is 418 g/mol. The zero-order valence-electron chi connectivity index (χ0n) is 18.6. The first-order valence-electron chi connectivity index (χ1n) is 10.9. The molecule has 1 N–H and O–H groups in total. The van der Waals surface area contributed by atoms with Gasteiger partial charge in [-0.15, -0.1) is 11.3 Å². The fourth-order valence-corrected chi connectivity index (χ4v) is 5.48. The molecule has 3 heterocycles. The van der Waals surface area contributed by atoms with Gasteiger partial charge in [-0.3, -0.25) is 23.5 Å². The summed E-state index contributed by atoms with van der Waals surface area (Å²) in [5.74, 6) is -0.462. The first kappa shape index (κ1) is 23.2. The number of carbonyl (C=O) groups is 2. The van der Waals surface area contributed by atoms with Crippen LogP contribution in [0.5, 0.6) is 0 Å². The minimum absolute atomic E-state index is 0.0861. The van der Waals surface area contributed by atoms with Crippen LogP contribution in [-0.2, 0) is 17.9 Å². The molecular formula is C22H31N3O5S. The minimum atomic E-state index is -0.809. The maximum atomic E-state index is 13.3. The Morgan fingerprint density at radius 2 is 1.81 bits per heavy atom. The summed E-state index contributed by atoms with van der Waals surface area (Å²) in [4.78, 5) is 53.0. The summed E-state index contributed by atoms with van der Waals surface area (Å²) in [5, 5.41) is 9.45. The molecule has 1 aliphatic heterocycles. The minimum Gasteiger partial charge on any atom is -0.481 e. The van der Waals surface area contributed by atoms with Crippen molar-refractivity contribution in [3.63, 3.8) is 0 Å². The lowest BCUT2D eigenvalue weighted by Crippen LogP contribution is -2.39. The van der Waals surface area contributed by atoms with Crippen LogP contribution >= 0.6 is 11.3 Å². The van der Waals surface area contributed by atoms with Gasteiger partial charge < -0.3 is 10.0 Å². The normalized spacial score (nSPS) is 15.2. The van der Waals surface area contributed by atoms with Gasteiger partial charge in [0.05, 0.1) is 10.3 Å². The van der Waals surface area contributed by atoms with Crippen molar-refractivity contribution < 1.29 is 14.7 Å². The molecule has 0 spiro atoms. The van der Waals surface area contributed by atoms with Crippen LogP contribution in [0.1, 0.15) is 61.7 Å². The predicted molar refractivity (Wildman–Crippen MR) is 121 cm³/mol. The van der Waals surface area contributed by atoms with Gasteiger partial charge in [0.1, 0.15) is 4.83 Å². The lowest BCUT2D eigenvalue weighted by molar-refractivity contribution is -0.138. The Bertz CT molecular complexity index is 1100. The number of hydrogen-bond donors (Lipinski definition) is 1. The summed E-state index contributed by atoms with van der Waals surface area (Å²) in [6.45, 7) is 9.51. The monoisotopic (exact) mass is 449 g/mol. The maximum Gasteiger partial charge on any atom is 0.332 e. The second-order valence-corrected chi connectivity index (χ2v) is 9.73. The van der Waals surface area contributed by atoms with Gasteiger partial charge in [0, 0.05) is 32.6 Å². The van der Waals surface area contributed by atoms with Gasteiger partial charge in [0.2, 0.25) is 0 Å². The zero-order valence-corrected chi connectivity index (χ0v) is 19.5. The largest absolute Gasteiger partial charge is 0.481 e. The number of aliphatic carboxylic acids is 1. The molecule has 31 heavy (non-hydrogen) atoms. The number of hydrogen-bond acceptors (Lipinski definition) is 5. The summed E-state index contributed by atoms with van der Waals surface area (Å²) in [7, 11) is 0. The molecule has 0 radical (unpaired) electrons. The van der Waals surface area contributed by atoms with E-state index in [2.05, 4.69) is 13.8 Å². The highest BCUT2D eigenvalue weighted by molar-refractivity contribution is 7.20. The van der Waals surface area contributed by atoms with Gasteiger partial charge in [0.25, 0.3) is 11.5 Å². The molecule has 0 unspecified atom stereocenters. The summed E-state index contributed by atoms with van der Waals surface area (Å²) in [5.41, 5.74) is -0.0326. The number of carboxylic acids is 1. The molecule has 0 aliphatic carbocycles. The van der Waals surface area contributed by atoms with Crippen molar-refractivity contribution in [2.75, 3.05) is 13.1 Å². The third kappa shape index (κ3) is 4.61.